The number of carbonyl (C=O) groups excluding carboxylic acids is 1. The van der Waals surface area contributed by atoms with Crippen molar-refractivity contribution in [2.75, 3.05) is 13.1 Å². The highest BCUT2D eigenvalue weighted by atomic mass is 35.5. The average molecular weight is 377 g/mol. The van der Waals surface area contributed by atoms with Gasteiger partial charge in [-0.1, -0.05) is 11.6 Å². The number of hydrogen-bond donors (Lipinski definition) is 2. The number of hydrogen-bond acceptors (Lipinski definition) is 4. The quantitative estimate of drug-likeness (QED) is 0.775. The van der Waals surface area contributed by atoms with Crippen LogP contribution >= 0.6 is 11.6 Å². The van der Waals surface area contributed by atoms with Crippen LogP contribution in [0.5, 0.6) is 0 Å². The van der Waals surface area contributed by atoms with Crippen molar-refractivity contribution < 1.29 is 19.1 Å². The molecule has 0 saturated heterocycles. The zero-order chi connectivity index (χ0) is 18.3. The molecule has 0 radical (unpaired) electrons. The highest BCUT2D eigenvalue weighted by Crippen LogP contribution is 2.34. The first-order valence-electron chi connectivity index (χ1n) is 8.94. The molecule has 2 aliphatic carbocycles. The summed E-state index contributed by atoms with van der Waals surface area (Å²) in [5.41, 5.74) is 0.628. The van der Waals surface area contributed by atoms with Crippen molar-refractivity contribution in [1.29, 1.82) is 0 Å². The largest absolute Gasteiger partial charge is 0.480 e. The number of halogens is 1. The predicted octanol–water partition coefficient (Wildman–Crippen LogP) is 3.14. The molecule has 2 aromatic rings. The fraction of sp³-hybridized carbons (Fsp3) is 0.474. The van der Waals surface area contributed by atoms with E-state index in [-0.39, 0.29) is 30.3 Å². The highest BCUT2D eigenvalue weighted by Gasteiger charge is 2.38. The van der Waals surface area contributed by atoms with E-state index in [1.165, 1.54) is 12.8 Å². The SMILES string of the molecule is O=C(O)CN(CC1CC1)C1CC(NC(=O)c2cc3cc(Cl)ccc3o2)C1. The van der Waals surface area contributed by atoms with Gasteiger partial charge in [-0.25, -0.2) is 0 Å². The molecule has 1 aromatic heterocycles. The first kappa shape index (κ1) is 17.4. The standard InChI is InChI=1S/C19H21ClN2O4/c20-13-3-4-16-12(5-13)6-17(26-16)19(25)21-14-7-15(8-14)22(10-18(23)24)9-11-1-2-11/h3-6,11,14-15H,1-2,7-10H2,(H,21,25)(H,23,24). The summed E-state index contributed by atoms with van der Waals surface area (Å²) in [6.07, 6.45) is 3.94. The smallest absolute Gasteiger partial charge is 0.317 e. The van der Waals surface area contributed by atoms with Crippen LogP contribution in [0.4, 0.5) is 0 Å². The lowest BCUT2D eigenvalue weighted by Crippen LogP contribution is -2.55. The summed E-state index contributed by atoms with van der Waals surface area (Å²) in [5.74, 6) is -0.122. The number of nitrogens with zero attached hydrogens (tertiary/aromatic N) is 1. The molecule has 1 aromatic carbocycles. The molecule has 2 fully saturated rings. The van der Waals surface area contributed by atoms with Gasteiger partial charge in [0.15, 0.2) is 5.76 Å². The summed E-state index contributed by atoms with van der Waals surface area (Å²) in [4.78, 5) is 25.5. The van der Waals surface area contributed by atoms with Gasteiger partial charge in [-0.3, -0.25) is 14.5 Å². The molecule has 0 spiro atoms. The number of fused-ring (bicyclic) bond motifs is 1. The lowest BCUT2D eigenvalue weighted by molar-refractivity contribution is -0.139. The molecule has 0 unspecified atom stereocenters. The molecular weight excluding hydrogens is 356 g/mol. The van der Waals surface area contributed by atoms with E-state index in [0.29, 0.717) is 16.5 Å². The van der Waals surface area contributed by atoms with E-state index in [9.17, 15) is 9.59 Å². The predicted molar refractivity (Wildman–Crippen MR) is 97.4 cm³/mol. The van der Waals surface area contributed by atoms with E-state index in [1.54, 1.807) is 24.3 Å². The molecule has 2 N–H and O–H groups in total. The number of rotatable bonds is 7. The Kier molecular flexibility index (Phi) is 4.63. The molecule has 0 atom stereocenters. The van der Waals surface area contributed by atoms with Gasteiger partial charge in [0.2, 0.25) is 0 Å². The van der Waals surface area contributed by atoms with E-state index in [0.717, 1.165) is 24.8 Å². The third-order valence-corrected chi connectivity index (χ3v) is 5.43. The summed E-state index contributed by atoms with van der Waals surface area (Å²) in [6, 6.07) is 7.21. The Hall–Kier alpha value is -2.05. The molecular formula is C19H21ClN2O4. The lowest BCUT2D eigenvalue weighted by atomic mass is 9.85. The van der Waals surface area contributed by atoms with Crippen molar-refractivity contribution in [3.63, 3.8) is 0 Å². The lowest BCUT2D eigenvalue weighted by Gasteiger charge is -2.42. The number of nitrogens with one attached hydrogen (secondary N) is 1. The van der Waals surface area contributed by atoms with Crippen LogP contribution in [0.1, 0.15) is 36.2 Å². The third kappa shape index (κ3) is 3.86. The number of aliphatic carboxylic acids is 1. The maximum atomic E-state index is 12.4. The summed E-state index contributed by atoms with van der Waals surface area (Å²) in [7, 11) is 0. The molecule has 1 amide bonds. The van der Waals surface area contributed by atoms with Crippen LogP contribution in [-0.2, 0) is 4.79 Å². The van der Waals surface area contributed by atoms with E-state index in [4.69, 9.17) is 21.1 Å². The number of amides is 1. The Morgan fingerprint density at radius 2 is 2.04 bits per heavy atom. The van der Waals surface area contributed by atoms with Crippen molar-refractivity contribution in [2.24, 2.45) is 5.92 Å². The Morgan fingerprint density at radius 1 is 1.27 bits per heavy atom. The summed E-state index contributed by atoms with van der Waals surface area (Å²) in [6.45, 7) is 0.925. The second-order valence-electron chi connectivity index (χ2n) is 7.35. The van der Waals surface area contributed by atoms with E-state index >= 15 is 0 Å². The molecule has 1 heterocycles. The molecule has 6 nitrogen and oxygen atoms in total. The maximum absolute atomic E-state index is 12.4. The van der Waals surface area contributed by atoms with Crippen molar-refractivity contribution in [2.45, 2.75) is 37.8 Å². The van der Waals surface area contributed by atoms with E-state index in [2.05, 4.69) is 5.32 Å². The minimum absolute atomic E-state index is 0.0554. The van der Waals surface area contributed by atoms with Gasteiger partial charge in [-0.15, -0.1) is 0 Å². The van der Waals surface area contributed by atoms with Crippen LogP contribution in [0.2, 0.25) is 5.02 Å². The topological polar surface area (TPSA) is 82.8 Å². The summed E-state index contributed by atoms with van der Waals surface area (Å²) >= 11 is 5.96. The molecule has 7 heteroatoms. The van der Waals surface area contributed by atoms with Crippen LogP contribution in [0.25, 0.3) is 11.0 Å². The van der Waals surface area contributed by atoms with Crippen molar-refractivity contribution in [1.82, 2.24) is 10.2 Å². The van der Waals surface area contributed by atoms with Gasteiger partial charge in [0.05, 0.1) is 6.54 Å². The fourth-order valence-corrected chi connectivity index (χ4v) is 3.72. The van der Waals surface area contributed by atoms with Crippen LogP contribution in [0, 0.1) is 5.92 Å². The van der Waals surface area contributed by atoms with Gasteiger partial charge in [0.1, 0.15) is 5.58 Å². The van der Waals surface area contributed by atoms with Gasteiger partial charge in [0, 0.05) is 29.0 Å². The monoisotopic (exact) mass is 376 g/mol. The summed E-state index contributed by atoms with van der Waals surface area (Å²) in [5, 5.41) is 13.5. The third-order valence-electron chi connectivity index (χ3n) is 5.19. The van der Waals surface area contributed by atoms with Crippen molar-refractivity contribution in [3.8, 4) is 0 Å². The number of carboxylic acid groups (broad SMARTS) is 1. The molecule has 2 saturated carbocycles. The van der Waals surface area contributed by atoms with E-state index in [1.807, 2.05) is 4.90 Å². The first-order valence-corrected chi connectivity index (χ1v) is 9.31. The van der Waals surface area contributed by atoms with Gasteiger partial charge >= 0.3 is 5.97 Å². The van der Waals surface area contributed by atoms with Crippen LogP contribution < -0.4 is 5.32 Å². The highest BCUT2D eigenvalue weighted by molar-refractivity contribution is 6.31. The average Bonchev–Trinajstić information content (AvgIpc) is 3.25. The molecule has 0 aliphatic heterocycles. The number of carbonyl (C=O) groups is 2. The zero-order valence-corrected chi connectivity index (χ0v) is 15.0. The number of furan rings is 1. The number of benzene rings is 1. The first-order chi connectivity index (χ1) is 12.5. The van der Waals surface area contributed by atoms with Crippen molar-refractivity contribution >= 4 is 34.4 Å². The van der Waals surface area contributed by atoms with E-state index < -0.39 is 5.97 Å². The van der Waals surface area contributed by atoms with Crippen LogP contribution in [0.3, 0.4) is 0 Å². The van der Waals surface area contributed by atoms with Crippen LogP contribution in [-0.4, -0.2) is 47.1 Å². The molecule has 2 aliphatic rings. The molecule has 4 rings (SSSR count). The second kappa shape index (κ2) is 6.93. The Bertz CT molecular complexity index is 839. The van der Waals surface area contributed by atoms with Gasteiger partial charge in [-0.2, -0.15) is 0 Å². The van der Waals surface area contributed by atoms with Gasteiger partial charge in [-0.05, 0) is 55.9 Å². The summed E-state index contributed by atoms with van der Waals surface area (Å²) < 4.78 is 5.58. The van der Waals surface area contributed by atoms with Crippen molar-refractivity contribution in [3.05, 3.63) is 35.0 Å². The fourth-order valence-electron chi connectivity index (χ4n) is 3.53. The zero-order valence-electron chi connectivity index (χ0n) is 14.3. The molecule has 138 valence electrons. The van der Waals surface area contributed by atoms with Gasteiger partial charge < -0.3 is 14.8 Å². The maximum Gasteiger partial charge on any atom is 0.317 e. The Labute approximate surface area is 156 Å². The second-order valence-corrected chi connectivity index (χ2v) is 7.79. The minimum Gasteiger partial charge on any atom is -0.480 e. The molecule has 26 heavy (non-hydrogen) atoms. The van der Waals surface area contributed by atoms with Gasteiger partial charge in [0.25, 0.3) is 5.91 Å². The Morgan fingerprint density at radius 3 is 2.73 bits per heavy atom. The number of carboxylic acids is 1. The van der Waals surface area contributed by atoms with Crippen LogP contribution in [0.15, 0.2) is 28.7 Å². The molecule has 0 bridgehead atoms. The Balaban J connectivity index is 1.33. The normalized spacial score (nSPS) is 22.4. The minimum atomic E-state index is -0.793.